The molecule has 0 radical (unpaired) electrons. The topological polar surface area (TPSA) is 19.0 Å². The largest absolute Gasteiger partial charge is 0.379 e. The summed E-state index contributed by atoms with van der Waals surface area (Å²) in [6.07, 6.45) is 2.92. The molecule has 4 heteroatoms. The van der Waals surface area contributed by atoms with Gasteiger partial charge in [0.1, 0.15) is 0 Å². The molecule has 4 nitrogen and oxygen atoms in total. The monoisotopic (exact) mass is 331 g/mol. The van der Waals surface area contributed by atoms with Gasteiger partial charge in [-0.2, -0.15) is 0 Å². The maximum absolute atomic E-state index is 5.10. The third-order valence-corrected chi connectivity index (χ3v) is 3.84. The summed E-state index contributed by atoms with van der Waals surface area (Å²) < 4.78 is 5.10. The number of morpholine rings is 1. The van der Waals surface area contributed by atoms with Gasteiger partial charge in [-0.25, -0.2) is 0 Å². The molecule has 0 spiro atoms. The normalized spacial score (nSPS) is 21.9. The first-order valence-corrected chi connectivity index (χ1v) is 9.94. The van der Waals surface area contributed by atoms with Gasteiger partial charge in [-0.3, -0.25) is 4.90 Å². The molecule has 0 aromatic rings. The number of piperazine rings is 1. The summed E-state index contributed by atoms with van der Waals surface area (Å²) in [6.45, 7) is 21.2. The van der Waals surface area contributed by atoms with Gasteiger partial charge < -0.3 is 14.5 Å². The van der Waals surface area contributed by atoms with Gasteiger partial charge in [0.25, 0.3) is 0 Å². The smallest absolute Gasteiger partial charge is 0.0594 e. The molecule has 0 aromatic heterocycles. The molecule has 0 N–H and O–H groups in total. The van der Waals surface area contributed by atoms with Crippen LogP contribution in [0.1, 0.15) is 54.4 Å². The minimum Gasteiger partial charge on any atom is -0.379 e. The van der Waals surface area contributed by atoms with Crippen LogP contribution >= 0.6 is 0 Å². The molecule has 1 saturated carbocycles. The van der Waals surface area contributed by atoms with E-state index in [1.807, 2.05) is 41.5 Å². The quantitative estimate of drug-likeness (QED) is 0.733. The Morgan fingerprint density at radius 3 is 1.30 bits per heavy atom. The average molecular weight is 332 g/mol. The second kappa shape index (κ2) is 18.2. The van der Waals surface area contributed by atoms with Crippen LogP contribution in [0.15, 0.2) is 0 Å². The van der Waals surface area contributed by atoms with E-state index in [0.717, 1.165) is 32.3 Å². The van der Waals surface area contributed by atoms with E-state index in [2.05, 4.69) is 28.8 Å². The maximum Gasteiger partial charge on any atom is 0.0594 e. The number of hydrogen-bond donors (Lipinski definition) is 0. The van der Waals surface area contributed by atoms with E-state index in [1.54, 1.807) is 0 Å². The molecule has 3 aliphatic rings. The average Bonchev–Trinajstić information content (AvgIpc) is 3.47. The van der Waals surface area contributed by atoms with E-state index < -0.39 is 0 Å². The predicted octanol–water partition coefficient (Wildman–Crippen LogP) is 3.42. The lowest BCUT2D eigenvalue weighted by molar-refractivity contribution is 0.0503. The summed E-state index contributed by atoms with van der Waals surface area (Å²) in [6, 6.07) is 0.980. The Labute approximate surface area is 147 Å². The van der Waals surface area contributed by atoms with Crippen molar-refractivity contribution in [1.82, 2.24) is 14.7 Å². The first kappa shape index (κ1) is 25.1. The fourth-order valence-electron chi connectivity index (χ4n) is 2.28. The Hall–Kier alpha value is -0.160. The van der Waals surface area contributed by atoms with Crippen LogP contribution in [0.4, 0.5) is 0 Å². The molecule has 2 aliphatic heterocycles. The Bertz CT molecular complexity index is 209. The number of likely N-dealkylation sites (N-methyl/N-ethyl adjacent to an activating group) is 2. The fourth-order valence-corrected chi connectivity index (χ4v) is 2.28. The van der Waals surface area contributed by atoms with Crippen molar-refractivity contribution < 1.29 is 4.74 Å². The van der Waals surface area contributed by atoms with Crippen molar-refractivity contribution in [3.05, 3.63) is 0 Å². The first-order valence-electron chi connectivity index (χ1n) is 9.94. The molecule has 0 amide bonds. The second-order valence-electron chi connectivity index (χ2n) is 5.49. The van der Waals surface area contributed by atoms with Crippen molar-refractivity contribution in [2.24, 2.45) is 0 Å². The van der Waals surface area contributed by atoms with Crippen molar-refractivity contribution >= 4 is 0 Å². The molecule has 0 aromatic carbocycles. The van der Waals surface area contributed by atoms with E-state index in [9.17, 15) is 0 Å². The van der Waals surface area contributed by atoms with Crippen LogP contribution < -0.4 is 0 Å². The molecular weight excluding hydrogens is 286 g/mol. The van der Waals surface area contributed by atoms with Crippen LogP contribution in [-0.4, -0.2) is 87.3 Å². The van der Waals surface area contributed by atoms with Gasteiger partial charge in [0.2, 0.25) is 0 Å². The number of rotatable bonds is 1. The Balaban J connectivity index is 0. The molecule has 3 fully saturated rings. The van der Waals surface area contributed by atoms with Crippen LogP contribution in [0.3, 0.4) is 0 Å². The Kier molecular flexibility index (Phi) is 19.8. The summed E-state index contributed by atoms with van der Waals surface area (Å²) >= 11 is 0. The Morgan fingerprint density at radius 2 is 1.00 bits per heavy atom. The van der Waals surface area contributed by atoms with Crippen LogP contribution in [0.5, 0.6) is 0 Å². The van der Waals surface area contributed by atoms with Crippen molar-refractivity contribution in [1.29, 1.82) is 0 Å². The van der Waals surface area contributed by atoms with E-state index in [-0.39, 0.29) is 0 Å². The first-order chi connectivity index (χ1) is 11.3. The Morgan fingerprint density at radius 1 is 0.609 bits per heavy atom. The van der Waals surface area contributed by atoms with Crippen LogP contribution in [0.2, 0.25) is 0 Å². The summed E-state index contributed by atoms with van der Waals surface area (Å²) in [5.41, 5.74) is 0. The maximum atomic E-state index is 5.10. The van der Waals surface area contributed by atoms with Crippen molar-refractivity contribution in [3.8, 4) is 0 Å². The summed E-state index contributed by atoms with van der Waals surface area (Å²) in [5, 5.41) is 0. The zero-order valence-electron chi connectivity index (χ0n) is 17.4. The molecule has 2 saturated heterocycles. The van der Waals surface area contributed by atoms with Crippen molar-refractivity contribution in [3.63, 3.8) is 0 Å². The zero-order chi connectivity index (χ0) is 18.1. The molecular formula is C19H45N3O. The second-order valence-corrected chi connectivity index (χ2v) is 5.49. The molecule has 0 atom stereocenters. The minimum absolute atomic E-state index is 0.913. The van der Waals surface area contributed by atoms with E-state index in [1.165, 1.54) is 39.0 Å². The highest BCUT2D eigenvalue weighted by Crippen LogP contribution is 2.27. The molecule has 2 heterocycles. The van der Waals surface area contributed by atoms with Gasteiger partial charge in [-0.15, -0.1) is 0 Å². The highest BCUT2D eigenvalue weighted by molar-refractivity contribution is 4.86. The lowest BCUT2D eigenvalue weighted by atomic mass is 10.3. The molecule has 142 valence electrons. The van der Waals surface area contributed by atoms with Crippen molar-refractivity contribution in [2.75, 3.05) is 66.6 Å². The third-order valence-electron chi connectivity index (χ3n) is 3.84. The predicted molar refractivity (Wildman–Crippen MR) is 104 cm³/mol. The van der Waals surface area contributed by atoms with Gasteiger partial charge >= 0.3 is 0 Å². The number of ether oxygens (including phenoxy) is 1. The minimum atomic E-state index is 0.913. The zero-order valence-corrected chi connectivity index (χ0v) is 17.4. The van der Waals surface area contributed by atoms with Gasteiger partial charge in [-0.05, 0) is 26.9 Å². The molecule has 23 heavy (non-hydrogen) atoms. The highest BCUT2D eigenvalue weighted by Gasteiger charge is 2.30. The van der Waals surface area contributed by atoms with Crippen LogP contribution in [0.25, 0.3) is 0 Å². The SMILES string of the molecule is CC.CC.CC.CN1CCN(C2CC2)CC1.CN1CCOCC1. The van der Waals surface area contributed by atoms with Crippen LogP contribution in [-0.2, 0) is 4.74 Å². The van der Waals surface area contributed by atoms with E-state index in [4.69, 9.17) is 4.74 Å². The molecule has 0 bridgehead atoms. The fraction of sp³-hybridized carbons (Fsp3) is 1.00. The number of nitrogens with zero attached hydrogens (tertiary/aromatic N) is 3. The van der Waals surface area contributed by atoms with E-state index in [0.29, 0.717) is 0 Å². The summed E-state index contributed by atoms with van der Waals surface area (Å²) in [7, 11) is 4.33. The van der Waals surface area contributed by atoms with Gasteiger partial charge in [-0.1, -0.05) is 41.5 Å². The van der Waals surface area contributed by atoms with Gasteiger partial charge in [0, 0.05) is 45.3 Å². The lowest BCUT2D eigenvalue weighted by Crippen LogP contribution is -2.45. The summed E-state index contributed by atoms with van der Waals surface area (Å²) in [4.78, 5) is 7.32. The molecule has 3 rings (SSSR count). The standard InChI is InChI=1S/C8H16N2.C5H11NO.3C2H6/c1-9-4-6-10(7-5-9)8-2-3-8;1-6-2-4-7-5-3-6;3*1-2/h8H,2-7H2,1H3;2-5H2,1H3;3*1-2H3. The third kappa shape index (κ3) is 13.9. The van der Waals surface area contributed by atoms with Gasteiger partial charge in [0.15, 0.2) is 0 Å². The molecule has 1 aliphatic carbocycles. The molecule has 0 unspecified atom stereocenters. The lowest BCUT2D eigenvalue weighted by Gasteiger charge is -2.32. The van der Waals surface area contributed by atoms with Crippen molar-refractivity contribution in [2.45, 2.75) is 60.4 Å². The van der Waals surface area contributed by atoms with Gasteiger partial charge in [0.05, 0.1) is 13.2 Å². The number of hydrogen-bond acceptors (Lipinski definition) is 4. The van der Waals surface area contributed by atoms with Crippen LogP contribution in [0, 0.1) is 0 Å². The summed E-state index contributed by atoms with van der Waals surface area (Å²) in [5.74, 6) is 0. The highest BCUT2D eigenvalue weighted by atomic mass is 16.5. The van der Waals surface area contributed by atoms with E-state index >= 15 is 0 Å².